The summed E-state index contributed by atoms with van der Waals surface area (Å²) in [6, 6.07) is 5.19. The number of carbonyl (C=O) groups excluding carboxylic acids is 1. The van der Waals surface area contributed by atoms with E-state index in [1.807, 2.05) is 0 Å². The third-order valence-electron chi connectivity index (χ3n) is 4.40. The van der Waals surface area contributed by atoms with Crippen LogP contribution in [0.15, 0.2) is 30.6 Å². The van der Waals surface area contributed by atoms with Crippen LogP contribution < -0.4 is 5.32 Å². The molecule has 3 heterocycles. The number of nitrogens with one attached hydrogen (secondary N) is 1. The van der Waals surface area contributed by atoms with Crippen molar-refractivity contribution in [2.75, 3.05) is 5.32 Å². The van der Waals surface area contributed by atoms with Gasteiger partial charge in [-0.25, -0.2) is 14.1 Å². The molecule has 1 saturated carbocycles. The number of hydrogen-bond donors (Lipinski definition) is 2. The van der Waals surface area contributed by atoms with Gasteiger partial charge < -0.3 is 9.84 Å². The van der Waals surface area contributed by atoms with Crippen LogP contribution in [0.3, 0.4) is 0 Å². The van der Waals surface area contributed by atoms with Gasteiger partial charge in [-0.15, -0.1) is 5.10 Å². The molecule has 1 fully saturated rings. The summed E-state index contributed by atoms with van der Waals surface area (Å²) >= 11 is 0. The van der Waals surface area contributed by atoms with E-state index in [2.05, 4.69) is 20.4 Å². The highest BCUT2D eigenvalue weighted by molar-refractivity contribution is 5.91. The first-order valence-electron chi connectivity index (χ1n) is 9.30. The maximum atomic E-state index is 11.9. The summed E-state index contributed by atoms with van der Waals surface area (Å²) in [5.41, 5.74) is 2.19. The number of rotatable bonds is 4. The number of aromatic carboxylic acids is 1. The molecule has 1 aliphatic rings. The van der Waals surface area contributed by atoms with Crippen molar-refractivity contribution >= 4 is 23.7 Å². The maximum absolute atomic E-state index is 11.9. The van der Waals surface area contributed by atoms with E-state index in [1.165, 1.54) is 4.52 Å². The van der Waals surface area contributed by atoms with Crippen molar-refractivity contribution in [1.29, 1.82) is 0 Å². The Kier molecular flexibility index (Phi) is 4.45. The lowest BCUT2D eigenvalue weighted by Gasteiger charge is -2.18. The van der Waals surface area contributed by atoms with Crippen molar-refractivity contribution < 1.29 is 19.4 Å². The largest absolute Gasteiger partial charge is 0.478 e. The topological polar surface area (TPSA) is 119 Å². The molecule has 0 bridgehead atoms. The van der Waals surface area contributed by atoms with Gasteiger partial charge >= 0.3 is 12.1 Å². The summed E-state index contributed by atoms with van der Waals surface area (Å²) in [5.74, 6) is -0.617. The van der Waals surface area contributed by atoms with Crippen LogP contribution in [-0.2, 0) is 4.74 Å². The van der Waals surface area contributed by atoms with E-state index in [0.29, 0.717) is 16.9 Å². The SMILES string of the molecule is CC(C)(C)OC(=O)Nc1nc2cc(-c3cnc(C4CC4)c(C(=O)O)c3)ccn2n1. The first kappa shape index (κ1) is 18.9. The Morgan fingerprint density at radius 3 is 2.66 bits per heavy atom. The van der Waals surface area contributed by atoms with Crippen LogP contribution in [0.25, 0.3) is 16.8 Å². The van der Waals surface area contributed by atoms with Crippen molar-refractivity contribution in [2.45, 2.75) is 45.1 Å². The van der Waals surface area contributed by atoms with Gasteiger partial charge in [0.2, 0.25) is 0 Å². The van der Waals surface area contributed by atoms with Gasteiger partial charge in [0.1, 0.15) is 5.60 Å². The molecule has 3 aromatic heterocycles. The number of amides is 1. The predicted molar refractivity (Wildman–Crippen MR) is 105 cm³/mol. The Morgan fingerprint density at radius 1 is 1.24 bits per heavy atom. The first-order valence-corrected chi connectivity index (χ1v) is 9.30. The highest BCUT2D eigenvalue weighted by Crippen LogP contribution is 2.41. The lowest BCUT2D eigenvalue weighted by atomic mass is 10.0. The molecule has 2 N–H and O–H groups in total. The second-order valence-electron chi connectivity index (χ2n) is 8.02. The lowest BCUT2D eigenvalue weighted by molar-refractivity contribution is 0.0632. The molecule has 0 spiro atoms. The minimum atomic E-state index is -0.978. The Balaban J connectivity index is 1.62. The maximum Gasteiger partial charge on any atom is 0.414 e. The van der Waals surface area contributed by atoms with E-state index in [-0.39, 0.29) is 17.4 Å². The normalized spacial score (nSPS) is 14.0. The molecule has 9 heteroatoms. The molecule has 29 heavy (non-hydrogen) atoms. The van der Waals surface area contributed by atoms with E-state index in [9.17, 15) is 14.7 Å². The number of anilines is 1. The molecule has 0 radical (unpaired) electrons. The zero-order chi connectivity index (χ0) is 20.8. The number of carbonyl (C=O) groups is 2. The summed E-state index contributed by atoms with van der Waals surface area (Å²) in [5, 5.41) is 16.2. The van der Waals surface area contributed by atoms with Gasteiger partial charge in [0.15, 0.2) is 5.65 Å². The second kappa shape index (κ2) is 6.84. The van der Waals surface area contributed by atoms with Gasteiger partial charge in [0, 0.05) is 23.9 Å². The zero-order valence-electron chi connectivity index (χ0n) is 16.3. The monoisotopic (exact) mass is 395 g/mol. The molecule has 4 rings (SSSR count). The average Bonchev–Trinajstić information content (AvgIpc) is 3.39. The van der Waals surface area contributed by atoms with Crippen LogP contribution in [0.1, 0.15) is 55.6 Å². The Bertz CT molecular complexity index is 1110. The smallest absolute Gasteiger partial charge is 0.414 e. The average molecular weight is 395 g/mol. The van der Waals surface area contributed by atoms with E-state index < -0.39 is 17.7 Å². The molecule has 3 aromatic rings. The van der Waals surface area contributed by atoms with Crippen LogP contribution in [0, 0.1) is 0 Å². The van der Waals surface area contributed by atoms with Gasteiger partial charge in [-0.05, 0) is 57.4 Å². The Morgan fingerprint density at radius 2 is 2.00 bits per heavy atom. The number of ether oxygens (including phenoxy) is 1. The van der Waals surface area contributed by atoms with Gasteiger partial charge in [-0.2, -0.15) is 4.98 Å². The van der Waals surface area contributed by atoms with Crippen molar-refractivity contribution in [3.8, 4) is 11.1 Å². The van der Waals surface area contributed by atoms with E-state index >= 15 is 0 Å². The highest BCUT2D eigenvalue weighted by Gasteiger charge is 2.30. The number of pyridine rings is 2. The predicted octanol–water partition coefficient (Wildman–Crippen LogP) is 3.71. The van der Waals surface area contributed by atoms with Gasteiger partial charge in [0.25, 0.3) is 5.95 Å². The Labute approximate surface area is 166 Å². The minimum absolute atomic E-state index is 0.116. The Hall–Kier alpha value is -3.49. The summed E-state index contributed by atoms with van der Waals surface area (Å²) in [6.07, 6.45) is 4.69. The zero-order valence-corrected chi connectivity index (χ0v) is 16.3. The number of carboxylic acids is 1. The van der Waals surface area contributed by atoms with E-state index in [4.69, 9.17) is 4.74 Å². The first-order chi connectivity index (χ1) is 13.7. The summed E-state index contributed by atoms with van der Waals surface area (Å²) < 4.78 is 6.71. The van der Waals surface area contributed by atoms with E-state index in [0.717, 1.165) is 18.4 Å². The fourth-order valence-corrected chi connectivity index (χ4v) is 3.00. The summed E-state index contributed by atoms with van der Waals surface area (Å²) in [6.45, 7) is 5.30. The van der Waals surface area contributed by atoms with Crippen molar-refractivity contribution in [3.05, 3.63) is 41.9 Å². The van der Waals surface area contributed by atoms with Crippen molar-refractivity contribution in [3.63, 3.8) is 0 Å². The number of hydrogen-bond acceptors (Lipinski definition) is 6. The molecule has 0 atom stereocenters. The molecule has 1 aliphatic carbocycles. The number of nitrogens with zero attached hydrogens (tertiary/aromatic N) is 4. The third kappa shape index (κ3) is 4.18. The standard InChI is InChI=1S/C20H21N5O4/c1-20(2,3)29-19(28)23-18-22-15-9-12(6-7-25(15)24-18)13-8-14(17(26)27)16(21-10-13)11-4-5-11/h6-11H,4-5H2,1-3H3,(H,26,27)(H,23,24,28). The van der Waals surface area contributed by atoms with Gasteiger partial charge in [-0.3, -0.25) is 10.3 Å². The van der Waals surface area contributed by atoms with Crippen LogP contribution in [0.2, 0.25) is 0 Å². The fourth-order valence-electron chi connectivity index (χ4n) is 3.00. The van der Waals surface area contributed by atoms with E-state index in [1.54, 1.807) is 51.4 Å². The molecule has 0 saturated heterocycles. The molecule has 0 unspecified atom stereocenters. The second-order valence-corrected chi connectivity index (χ2v) is 8.02. The van der Waals surface area contributed by atoms with Gasteiger partial charge in [-0.1, -0.05) is 0 Å². The van der Waals surface area contributed by atoms with Gasteiger partial charge in [0.05, 0.1) is 11.3 Å². The lowest BCUT2D eigenvalue weighted by Crippen LogP contribution is -2.27. The quantitative estimate of drug-likeness (QED) is 0.691. The minimum Gasteiger partial charge on any atom is -0.478 e. The van der Waals surface area contributed by atoms with Crippen LogP contribution in [0.4, 0.5) is 10.7 Å². The van der Waals surface area contributed by atoms with Crippen LogP contribution in [-0.4, -0.2) is 42.4 Å². The summed E-state index contributed by atoms with van der Waals surface area (Å²) in [7, 11) is 0. The van der Waals surface area contributed by atoms with Crippen molar-refractivity contribution in [2.24, 2.45) is 0 Å². The molecule has 150 valence electrons. The number of carboxylic acid groups (broad SMARTS) is 1. The number of fused-ring (bicyclic) bond motifs is 1. The van der Waals surface area contributed by atoms with Crippen LogP contribution in [0.5, 0.6) is 0 Å². The molecule has 0 aromatic carbocycles. The van der Waals surface area contributed by atoms with Crippen LogP contribution >= 0.6 is 0 Å². The highest BCUT2D eigenvalue weighted by atomic mass is 16.6. The molecular formula is C20H21N5O4. The van der Waals surface area contributed by atoms with Crippen molar-refractivity contribution in [1.82, 2.24) is 19.6 Å². The third-order valence-corrected chi connectivity index (χ3v) is 4.40. The summed E-state index contributed by atoms with van der Waals surface area (Å²) in [4.78, 5) is 32.2. The molecule has 0 aliphatic heterocycles. The number of aromatic nitrogens is 4. The molecule has 9 nitrogen and oxygen atoms in total. The fraction of sp³-hybridized carbons (Fsp3) is 0.350. The molecule has 1 amide bonds. The molecular weight excluding hydrogens is 374 g/mol.